The van der Waals surface area contributed by atoms with Gasteiger partial charge < -0.3 is 24.8 Å². The van der Waals surface area contributed by atoms with E-state index >= 15 is 0 Å². The Labute approximate surface area is 146 Å². The lowest BCUT2D eigenvalue weighted by atomic mass is 10.0. The molecule has 1 saturated heterocycles. The molecule has 4 atom stereocenters. The second kappa shape index (κ2) is 13.8. The highest BCUT2D eigenvalue weighted by molar-refractivity contribution is 4.87. The van der Waals surface area contributed by atoms with Crippen LogP contribution >= 0.6 is 0 Å². The third kappa shape index (κ3) is 8.58. The normalized spacial score (nSPS) is 27.8. The van der Waals surface area contributed by atoms with Crippen LogP contribution in [0.5, 0.6) is 0 Å². The molecule has 1 aliphatic rings. The van der Waals surface area contributed by atoms with Crippen LogP contribution in [0, 0.1) is 0 Å². The molecule has 0 aliphatic carbocycles. The standard InChI is InChI=1S/C19H36O5/c1-2-3-4-5-6-7-8-9-10-11-12-13-23-19-16(21)15-24-17(14-20)18(19)22/h4-5,16-22H,2-3,6-15H2,1H3/b5-4+/t16-,17+,18+,19+/m1/s1. The zero-order valence-corrected chi connectivity index (χ0v) is 15.1. The van der Waals surface area contributed by atoms with E-state index in [0.717, 1.165) is 12.8 Å². The Morgan fingerprint density at radius 3 is 2.38 bits per heavy atom. The topological polar surface area (TPSA) is 79.2 Å². The van der Waals surface area contributed by atoms with Gasteiger partial charge in [0, 0.05) is 6.61 Å². The average Bonchev–Trinajstić information content (AvgIpc) is 2.58. The number of allylic oxidation sites excluding steroid dienone is 2. The summed E-state index contributed by atoms with van der Waals surface area (Å²) < 4.78 is 10.8. The van der Waals surface area contributed by atoms with E-state index in [1.54, 1.807) is 0 Å². The number of hydrogen-bond donors (Lipinski definition) is 3. The molecule has 0 aromatic carbocycles. The van der Waals surface area contributed by atoms with Gasteiger partial charge in [0.2, 0.25) is 0 Å². The minimum Gasteiger partial charge on any atom is -0.394 e. The highest BCUT2D eigenvalue weighted by Crippen LogP contribution is 2.19. The predicted octanol–water partition coefficient (Wildman–Crippen LogP) is 2.57. The van der Waals surface area contributed by atoms with Crippen LogP contribution in [0.4, 0.5) is 0 Å². The molecular formula is C19H36O5. The van der Waals surface area contributed by atoms with Crippen molar-refractivity contribution in [1.29, 1.82) is 0 Å². The van der Waals surface area contributed by atoms with Gasteiger partial charge in [-0.05, 0) is 25.7 Å². The molecular weight excluding hydrogens is 308 g/mol. The Morgan fingerprint density at radius 1 is 1.00 bits per heavy atom. The maximum absolute atomic E-state index is 10.0. The Morgan fingerprint density at radius 2 is 1.67 bits per heavy atom. The Bertz CT molecular complexity index is 321. The molecule has 1 fully saturated rings. The summed E-state index contributed by atoms with van der Waals surface area (Å²) in [4.78, 5) is 0. The number of aliphatic hydroxyl groups is 3. The minimum atomic E-state index is -0.973. The molecule has 24 heavy (non-hydrogen) atoms. The van der Waals surface area contributed by atoms with E-state index < -0.39 is 24.4 Å². The van der Waals surface area contributed by atoms with E-state index in [1.165, 1.54) is 44.9 Å². The molecule has 1 heterocycles. The van der Waals surface area contributed by atoms with Crippen molar-refractivity contribution in [2.24, 2.45) is 0 Å². The summed E-state index contributed by atoms with van der Waals surface area (Å²) >= 11 is 0. The number of hydrogen-bond acceptors (Lipinski definition) is 5. The highest BCUT2D eigenvalue weighted by atomic mass is 16.6. The van der Waals surface area contributed by atoms with Crippen LogP contribution in [0.3, 0.4) is 0 Å². The van der Waals surface area contributed by atoms with Crippen molar-refractivity contribution in [1.82, 2.24) is 0 Å². The van der Waals surface area contributed by atoms with Gasteiger partial charge in [-0.1, -0.05) is 51.2 Å². The van der Waals surface area contributed by atoms with Gasteiger partial charge in [-0.15, -0.1) is 0 Å². The fourth-order valence-corrected chi connectivity index (χ4v) is 2.92. The van der Waals surface area contributed by atoms with E-state index in [0.29, 0.717) is 6.61 Å². The monoisotopic (exact) mass is 344 g/mol. The first-order chi connectivity index (χ1) is 11.7. The van der Waals surface area contributed by atoms with Crippen LogP contribution in [-0.2, 0) is 9.47 Å². The summed E-state index contributed by atoms with van der Waals surface area (Å²) in [5.74, 6) is 0. The molecule has 1 aliphatic heterocycles. The largest absolute Gasteiger partial charge is 0.394 e. The lowest BCUT2D eigenvalue weighted by Crippen LogP contribution is -2.55. The Hall–Kier alpha value is -0.460. The minimum absolute atomic E-state index is 0.0969. The Kier molecular flexibility index (Phi) is 12.4. The molecule has 142 valence electrons. The van der Waals surface area contributed by atoms with Crippen molar-refractivity contribution in [2.75, 3.05) is 19.8 Å². The molecule has 0 spiro atoms. The smallest absolute Gasteiger partial charge is 0.114 e. The van der Waals surface area contributed by atoms with E-state index in [1.807, 2.05) is 0 Å². The van der Waals surface area contributed by atoms with Crippen LogP contribution < -0.4 is 0 Å². The van der Waals surface area contributed by atoms with E-state index in [9.17, 15) is 10.2 Å². The van der Waals surface area contributed by atoms with Crippen LogP contribution in [-0.4, -0.2) is 59.6 Å². The van der Waals surface area contributed by atoms with E-state index in [2.05, 4.69) is 19.1 Å². The van der Waals surface area contributed by atoms with Crippen molar-refractivity contribution in [3.05, 3.63) is 12.2 Å². The van der Waals surface area contributed by atoms with Crippen LogP contribution in [0.1, 0.15) is 64.7 Å². The van der Waals surface area contributed by atoms with Crippen LogP contribution in [0.15, 0.2) is 12.2 Å². The molecule has 1 rings (SSSR count). The molecule has 0 aromatic rings. The van der Waals surface area contributed by atoms with Crippen molar-refractivity contribution in [2.45, 2.75) is 89.1 Å². The molecule has 5 heteroatoms. The molecule has 5 nitrogen and oxygen atoms in total. The highest BCUT2D eigenvalue weighted by Gasteiger charge is 2.38. The molecule has 0 saturated carbocycles. The Balaban J connectivity index is 1.97. The predicted molar refractivity (Wildman–Crippen MR) is 94.9 cm³/mol. The molecule has 0 unspecified atom stereocenters. The third-order valence-electron chi connectivity index (χ3n) is 4.46. The van der Waals surface area contributed by atoms with E-state index in [-0.39, 0.29) is 13.2 Å². The second-order valence-corrected chi connectivity index (χ2v) is 6.62. The number of rotatable bonds is 13. The van der Waals surface area contributed by atoms with Gasteiger partial charge in [0.1, 0.15) is 24.4 Å². The summed E-state index contributed by atoms with van der Waals surface area (Å²) in [6, 6.07) is 0. The maximum Gasteiger partial charge on any atom is 0.114 e. The zero-order valence-electron chi connectivity index (χ0n) is 15.1. The van der Waals surface area contributed by atoms with Crippen molar-refractivity contribution in [3.63, 3.8) is 0 Å². The summed E-state index contributed by atoms with van der Waals surface area (Å²) in [5, 5.41) is 28.9. The fourth-order valence-electron chi connectivity index (χ4n) is 2.92. The SMILES string of the molecule is CCC/C=C/CCCCCCCCO[C@@H]1[C@@H](O)[C@H](CO)OC[C@H]1O. The molecule has 0 amide bonds. The lowest BCUT2D eigenvalue weighted by molar-refractivity contribution is -0.210. The van der Waals surface area contributed by atoms with Gasteiger partial charge in [-0.2, -0.15) is 0 Å². The van der Waals surface area contributed by atoms with Gasteiger partial charge in [-0.25, -0.2) is 0 Å². The summed E-state index contributed by atoms with van der Waals surface area (Å²) in [6.07, 6.45) is 12.1. The molecule has 3 N–H and O–H groups in total. The van der Waals surface area contributed by atoms with Crippen LogP contribution in [0.2, 0.25) is 0 Å². The first-order valence-electron chi connectivity index (χ1n) is 9.55. The van der Waals surface area contributed by atoms with Crippen molar-refractivity contribution < 1.29 is 24.8 Å². The fraction of sp³-hybridized carbons (Fsp3) is 0.895. The van der Waals surface area contributed by atoms with Gasteiger partial charge in [0.15, 0.2) is 0 Å². The number of ether oxygens (including phenoxy) is 2. The quantitative estimate of drug-likeness (QED) is 0.353. The van der Waals surface area contributed by atoms with Gasteiger partial charge in [0.25, 0.3) is 0 Å². The summed E-state index contributed by atoms with van der Waals surface area (Å²) in [5.41, 5.74) is 0. The van der Waals surface area contributed by atoms with Gasteiger partial charge in [0.05, 0.1) is 13.2 Å². The molecule has 0 bridgehead atoms. The lowest BCUT2D eigenvalue weighted by Gasteiger charge is -2.37. The number of aliphatic hydroxyl groups excluding tert-OH is 3. The first-order valence-corrected chi connectivity index (χ1v) is 9.55. The average molecular weight is 344 g/mol. The zero-order chi connectivity index (χ0) is 17.6. The molecule has 0 aromatic heterocycles. The third-order valence-corrected chi connectivity index (χ3v) is 4.46. The van der Waals surface area contributed by atoms with Gasteiger partial charge in [-0.3, -0.25) is 0 Å². The van der Waals surface area contributed by atoms with Crippen molar-refractivity contribution >= 4 is 0 Å². The van der Waals surface area contributed by atoms with E-state index in [4.69, 9.17) is 14.6 Å². The second-order valence-electron chi connectivity index (χ2n) is 6.62. The summed E-state index contributed by atoms with van der Waals surface area (Å²) in [6.45, 7) is 2.56. The maximum atomic E-state index is 10.0. The molecule has 0 radical (unpaired) electrons. The van der Waals surface area contributed by atoms with Crippen LogP contribution in [0.25, 0.3) is 0 Å². The van der Waals surface area contributed by atoms with Gasteiger partial charge >= 0.3 is 0 Å². The summed E-state index contributed by atoms with van der Waals surface area (Å²) in [7, 11) is 0. The number of unbranched alkanes of at least 4 members (excludes halogenated alkanes) is 7. The first kappa shape index (κ1) is 21.6. The van der Waals surface area contributed by atoms with Crippen molar-refractivity contribution in [3.8, 4) is 0 Å².